The highest BCUT2D eigenvalue weighted by Crippen LogP contribution is 2.48. The SMILES string of the molecule is FC(F)C1C(F)CC(C2CCC(C3CCC(Cl)CC3F)CC2F)CC1F. The van der Waals surface area contributed by atoms with Gasteiger partial charge in [-0.25, -0.2) is 26.3 Å². The molecule has 0 radical (unpaired) electrons. The van der Waals surface area contributed by atoms with Crippen molar-refractivity contribution in [3.05, 3.63) is 0 Å². The Morgan fingerprint density at radius 3 is 1.65 bits per heavy atom. The van der Waals surface area contributed by atoms with E-state index in [0.717, 1.165) is 6.42 Å². The molecule has 0 aliphatic heterocycles. The second-order valence-electron chi connectivity index (χ2n) is 8.52. The van der Waals surface area contributed by atoms with E-state index in [4.69, 9.17) is 11.6 Å². The van der Waals surface area contributed by atoms with Crippen LogP contribution in [0, 0.1) is 29.6 Å². The van der Waals surface area contributed by atoms with E-state index in [9.17, 15) is 26.3 Å². The van der Waals surface area contributed by atoms with Crippen LogP contribution in [0.3, 0.4) is 0 Å². The van der Waals surface area contributed by atoms with E-state index in [1.807, 2.05) is 0 Å². The lowest BCUT2D eigenvalue weighted by Crippen LogP contribution is -2.45. The zero-order valence-electron chi connectivity index (χ0n) is 14.7. The van der Waals surface area contributed by atoms with Crippen molar-refractivity contribution in [2.75, 3.05) is 0 Å². The highest BCUT2D eigenvalue weighted by molar-refractivity contribution is 6.20. The topological polar surface area (TPSA) is 0 Å². The summed E-state index contributed by atoms with van der Waals surface area (Å²) in [6, 6.07) is 0. The van der Waals surface area contributed by atoms with Gasteiger partial charge in [0.15, 0.2) is 0 Å². The number of alkyl halides is 7. The third-order valence-corrected chi connectivity index (χ3v) is 7.41. The van der Waals surface area contributed by atoms with Gasteiger partial charge >= 0.3 is 0 Å². The van der Waals surface area contributed by atoms with E-state index in [0.29, 0.717) is 25.7 Å². The summed E-state index contributed by atoms with van der Waals surface area (Å²) in [7, 11) is 0. The summed E-state index contributed by atoms with van der Waals surface area (Å²) in [6.45, 7) is 0. The standard InChI is InChI=1S/C19H27ClF6/c20-11-2-4-12(15(22)8-11)9-1-3-13(14(21)5-9)10-6-16(23)18(19(25)26)17(24)7-10/h9-19H,1-8H2. The van der Waals surface area contributed by atoms with Crippen molar-refractivity contribution in [1.82, 2.24) is 0 Å². The van der Waals surface area contributed by atoms with Crippen molar-refractivity contribution in [2.24, 2.45) is 29.6 Å². The Labute approximate surface area is 156 Å². The summed E-state index contributed by atoms with van der Waals surface area (Å²) in [4.78, 5) is 0. The Morgan fingerprint density at radius 2 is 1.12 bits per heavy atom. The van der Waals surface area contributed by atoms with E-state index in [2.05, 4.69) is 0 Å². The fourth-order valence-corrected chi connectivity index (χ4v) is 5.89. The minimum atomic E-state index is -3.03. The molecule has 0 amide bonds. The van der Waals surface area contributed by atoms with Gasteiger partial charge in [-0.1, -0.05) is 0 Å². The summed E-state index contributed by atoms with van der Waals surface area (Å²) in [5, 5.41) is -0.160. The van der Waals surface area contributed by atoms with Crippen LogP contribution in [0.4, 0.5) is 26.3 Å². The van der Waals surface area contributed by atoms with Crippen molar-refractivity contribution in [3.63, 3.8) is 0 Å². The molecule has 8 atom stereocenters. The van der Waals surface area contributed by atoms with Gasteiger partial charge in [0.2, 0.25) is 6.43 Å². The van der Waals surface area contributed by atoms with Gasteiger partial charge in [-0.05, 0) is 75.0 Å². The second kappa shape index (κ2) is 8.48. The maximum atomic E-state index is 14.8. The largest absolute Gasteiger partial charge is 0.247 e. The maximum absolute atomic E-state index is 14.8. The molecule has 3 fully saturated rings. The van der Waals surface area contributed by atoms with Crippen molar-refractivity contribution in [2.45, 2.75) is 87.9 Å². The van der Waals surface area contributed by atoms with Crippen molar-refractivity contribution in [3.8, 4) is 0 Å². The first-order valence-corrected chi connectivity index (χ1v) is 10.2. The monoisotopic (exact) mass is 404 g/mol. The van der Waals surface area contributed by atoms with Crippen molar-refractivity contribution < 1.29 is 26.3 Å². The van der Waals surface area contributed by atoms with E-state index >= 15 is 0 Å². The summed E-state index contributed by atoms with van der Waals surface area (Å²) in [6.07, 6.45) is -6.60. The lowest BCUT2D eigenvalue weighted by Gasteiger charge is -2.44. The predicted octanol–water partition coefficient (Wildman–Crippen LogP) is 6.45. The molecule has 26 heavy (non-hydrogen) atoms. The zero-order chi connectivity index (χ0) is 19.0. The van der Waals surface area contributed by atoms with Crippen LogP contribution < -0.4 is 0 Å². The normalized spacial score (nSPS) is 50.8. The first kappa shape index (κ1) is 20.6. The Morgan fingerprint density at radius 1 is 0.615 bits per heavy atom. The minimum Gasteiger partial charge on any atom is -0.247 e. The Kier molecular flexibility index (Phi) is 6.72. The molecule has 0 aromatic heterocycles. The molecule has 152 valence electrons. The Balaban J connectivity index is 1.58. The predicted molar refractivity (Wildman–Crippen MR) is 89.6 cm³/mol. The maximum Gasteiger partial charge on any atom is 0.247 e. The van der Waals surface area contributed by atoms with E-state index in [1.54, 1.807) is 0 Å². The van der Waals surface area contributed by atoms with Crippen LogP contribution in [-0.2, 0) is 0 Å². The van der Waals surface area contributed by atoms with Gasteiger partial charge < -0.3 is 0 Å². The fraction of sp³-hybridized carbons (Fsp3) is 1.00. The van der Waals surface area contributed by atoms with Crippen molar-refractivity contribution >= 4 is 11.6 Å². The van der Waals surface area contributed by atoms with Gasteiger partial charge in [-0.3, -0.25) is 0 Å². The smallest absolute Gasteiger partial charge is 0.247 e. The van der Waals surface area contributed by atoms with Crippen molar-refractivity contribution in [1.29, 1.82) is 0 Å². The number of halogens is 7. The van der Waals surface area contributed by atoms with Crippen LogP contribution >= 0.6 is 11.6 Å². The molecule has 0 nitrogen and oxygen atoms in total. The highest BCUT2D eigenvalue weighted by Gasteiger charge is 2.48. The van der Waals surface area contributed by atoms with Gasteiger partial charge in [0.25, 0.3) is 0 Å². The molecule has 3 rings (SSSR count). The zero-order valence-corrected chi connectivity index (χ0v) is 15.4. The molecule has 0 spiro atoms. The average Bonchev–Trinajstić information content (AvgIpc) is 2.53. The number of hydrogen-bond acceptors (Lipinski definition) is 0. The Hall–Kier alpha value is -0.130. The number of hydrogen-bond donors (Lipinski definition) is 0. The minimum absolute atomic E-state index is 0.0693. The molecule has 0 saturated heterocycles. The second-order valence-corrected chi connectivity index (χ2v) is 9.14. The molecule has 3 aliphatic rings. The van der Waals surface area contributed by atoms with Crippen LogP contribution in [0.1, 0.15) is 51.4 Å². The lowest BCUT2D eigenvalue weighted by atomic mass is 9.64. The van der Waals surface area contributed by atoms with E-state index in [-0.39, 0.29) is 36.5 Å². The summed E-state index contributed by atoms with van der Waals surface area (Å²) < 4.78 is 82.8. The van der Waals surface area contributed by atoms with Gasteiger partial charge in [0.1, 0.15) is 24.7 Å². The summed E-state index contributed by atoms with van der Waals surface area (Å²) >= 11 is 5.99. The Bertz CT molecular complexity index is 451. The molecule has 0 bridgehead atoms. The molecule has 8 unspecified atom stereocenters. The van der Waals surface area contributed by atoms with Gasteiger partial charge in [0.05, 0.1) is 5.92 Å². The van der Waals surface area contributed by atoms with Crippen LogP contribution in [-0.4, -0.2) is 36.5 Å². The first-order valence-electron chi connectivity index (χ1n) is 9.76. The molecule has 0 aromatic rings. The summed E-state index contributed by atoms with van der Waals surface area (Å²) in [5.41, 5.74) is 0. The van der Waals surface area contributed by atoms with Gasteiger partial charge in [0, 0.05) is 5.38 Å². The van der Waals surface area contributed by atoms with Crippen LogP contribution in [0.15, 0.2) is 0 Å². The molecular formula is C19H27ClF6. The molecule has 0 N–H and O–H groups in total. The van der Waals surface area contributed by atoms with Crippen LogP contribution in [0.5, 0.6) is 0 Å². The quantitative estimate of drug-likeness (QED) is 0.374. The summed E-state index contributed by atoms with van der Waals surface area (Å²) in [5.74, 6) is -3.21. The molecular weight excluding hydrogens is 378 g/mol. The van der Waals surface area contributed by atoms with Crippen LogP contribution in [0.25, 0.3) is 0 Å². The van der Waals surface area contributed by atoms with Crippen LogP contribution in [0.2, 0.25) is 0 Å². The molecule has 0 aromatic carbocycles. The van der Waals surface area contributed by atoms with E-state index in [1.165, 1.54) is 0 Å². The first-order chi connectivity index (χ1) is 12.3. The number of rotatable bonds is 3. The van der Waals surface area contributed by atoms with Gasteiger partial charge in [-0.2, -0.15) is 0 Å². The van der Waals surface area contributed by atoms with Gasteiger partial charge in [-0.15, -0.1) is 11.6 Å². The fourth-order valence-electron chi connectivity index (χ4n) is 5.59. The third-order valence-electron chi connectivity index (χ3n) is 7.02. The molecule has 3 aliphatic carbocycles. The van der Waals surface area contributed by atoms with E-state index < -0.39 is 48.9 Å². The molecule has 3 saturated carbocycles. The molecule has 7 heteroatoms. The average molecular weight is 405 g/mol. The highest BCUT2D eigenvalue weighted by atomic mass is 35.5. The molecule has 0 heterocycles. The lowest BCUT2D eigenvalue weighted by molar-refractivity contribution is -0.0739. The third kappa shape index (κ3) is 4.30.